The number of aryl methyl sites for hydroxylation is 1. The third-order valence-corrected chi connectivity index (χ3v) is 4.12. The average Bonchev–Trinajstić information content (AvgIpc) is 3.03. The van der Waals surface area contributed by atoms with Crippen molar-refractivity contribution in [2.75, 3.05) is 5.32 Å². The first kappa shape index (κ1) is 12.2. The van der Waals surface area contributed by atoms with Gasteiger partial charge in [-0.15, -0.1) is 11.3 Å². The van der Waals surface area contributed by atoms with Crippen molar-refractivity contribution < 1.29 is 4.79 Å². The minimum Gasteiger partial charge on any atom is -0.364 e. The number of carbonyl (C=O) groups is 1. The van der Waals surface area contributed by atoms with Crippen molar-refractivity contribution in [3.8, 4) is 0 Å². The number of carbonyl (C=O) groups excluding carboxylic acids is 1. The molecule has 0 fully saturated rings. The molecule has 2 aromatic rings. The van der Waals surface area contributed by atoms with E-state index in [0.29, 0.717) is 5.56 Å². The van der Waals surface area contributed by atoms with Crippen LogP contribution in [0, 0.1) is 0 Å². The van der Waals surface area contributed by atoms with Gasteiger partial charge in [-0.2, -0.15) is 0 Å². The Hall–Kier alpha value is -1.88. The largest absolute Gasteiger partial charge is 0.364 e. The zero-order valence-corrected chi connectivity index (χ0v) is 11.2. The maximum atomic E-state index is 12.2. The summed E-state index contributed by atoms with van der Waals surface area (Å²) in [5, 5.41) is 5.50. The van der Waals surface area contributed by atoms with Crippen LogP contribution in [0.15, 0.2) is 28.5 Å². The van der Waals surface area contributed by atoms with E-state index in [1.165, 1.54) is 11.3 Å². The fourth-order valence-corrected chi connectivity index (χ4v) is 3.06. The topological polar surface area (TPSA) is 62.0 Å². The van der Waals surface area contributed by atoms with Crippen molar-refractivity contribution in [3.05, 3.63) is 50.8 Å². The number of rotatable bonds is 3. The molecule has 3 rings (SSSR count). The van der Waals surface area contributed by atoms with Gasteiger partial charge >= 0.3 is 0 Å². The van der Waals surface area contributed by atoms with Crippen LogP contribution in [0.25, 0.3) is 0 Å². The van der Waals surface area contributed by atoms with E-state index >= 15 is 0 Å². The van der Waals surface area contributed by atoms with Gasteiger partial charge in [0.15, 0.2) is 5.43 Å². The van der Waals surface area contributed by atoms with Crippen LogP contribution in [-0.2, 0) is 24.1 Å². The van der Waals surface area contributed by atoms with Gasteiger partial charge in [0.25, 0.3) is 0 Å². The molecule has 0 aliphatic heterocycles. The molecule has 1 aliphatic carbocycles. The Labute approximate surface area is 114 Å². The third kappa shape index (κ3) is 2.46. The Morgan fingerprint density at radius 2 is 2.32 bits per heavy atom. The van der Waals surface area contributed by atoms with E-state index in [2.05, 4.69) is 10.3 Å². The summed E-state index contributed by atoms with van der Waals surface area (Å²) in [7, 11) is 0. The molecule has 19 heavy (non-hydrogen) atoms. The van der Waals surface area contributed by atoms with Crippen LogP contribution in [0.5, 0.6) is 0 Å². The number of hydrogen-bond acceptors (Lipinski definition) is 3. The highest BCUT2D eigenvalue weighted by molar-refractivity contribution is 7.14. The first-order valence-electron chi connectivity index (χ1n) is 6.29. The minimum atomic E-state index is -0.147. The molecular formula is C14H14N2O2S. The van der Waals surface area contributed by atoms with Gasteiger partial charge in [-0.1, -0.05) is 0 Å². The van der Waals surface area contributed by atoms with Crippen LogP contribution in [0.4, 0.5) is 5.00 Å². The molecule has 2 aromatic heterocycles. The molecule has 0 saturated carbocycles. The van der Waals surface area contributed by atoms with Crippen LogP contribution in [0.1, 0.15) is 23.2 Å². The highest BCUT2D eigenvalue weighted by atomic mass is 32.1. The molecule has 1 amide bonds. The van der Waals surface area contributed by atoms with Crippen molar-refractivity contribution in [2.24, 2.45) is 0 Å². The molecule has 0 bridgehead atoms. The van der Waals surface area contributed by atoms with E-state index in [4.69, 9.17) is 0 Å². The summed E-state index contributed by atoms with van der Waals surface area (Å²) >= 11 is 1.47. The van der Waals surface area contributed by atoms with Gasteiger partial charge in [-0.25, -0.2) is 0 Å². The number of amides is 1. The average molecular weight is 274 g/mol. The maximum Gasteiger partial charge on any atom is 0.229 e. The molecule has 98 valence electrons. The van der Waals surface area contributed by atoms with Gasteiger partial charge < -0.3 is 10.3 Å². The molecule has 2 heterocycles. The van der Waals surface area contributed by atoms with E-state index in [0.717, 1.165) is 35.5 Å². The smallest absolute Gasteiger partial charge is 0.229 e. The van der Waals surface area contributed by atoms with E-state index < -0.39 is 0 Å². The Bertz CT molecular complexity index is 659. The lowest BCUT2D eigenvalue weighted by Gasteiger charge is -2.05. The summed E-state index contributed by atoms with van der Waals surface area (Å²) in [4.78, 5) is 27.2. The van der Waals surface area contributed by atoms with Crippen molar-refractivity contribution in [1.29, 1.82) is 0 Å². The summed E-state index contributed by atoms with van der Waals surface area (Å²) in [6.07, 6.45) is 4.59. The normalized spacial score (nSPS) is 13.3. The molecule has 2 N–H and O–H groups in total. The number of aromatic amines is 1. The highest BCUT2D eigenvalue weighted by Gasteiger charge is 2.18. The number of pyridine rings is 1. The molecule has 0 unspecified atom stereocenters. The van der Waals surface area contributed by atoms with Crippen LogP contribution < -0.4 is 10.7 Å². The van der Waals surface area contributed by atoms with Gasteiger partial charge in [-0.05, 0) is 36.8 Å². The van der Waals surface area contributed by atoms with Crippen LogP contribution >= 0.6 is 11.3 Å². The molecule has 5 heteroatoms. The number of aromatic nitrogens is 1. The summed E-state index contributed by atoms with van der Waals surface area (Å²) in [5.74, 6) is -0.147. The number of H-pyrrole nitrogens is 1. The van der Waals surface area contributed by atoms with Crippen LogP contribution in [-0.4, -0.2) is 10.9 Å². The van der Waals surface area contributed by atoms with Crippen molar-refractivity contribution >= 4 is 22.2 Å². The van der Waals surface area contributed by atoms with Crippen molar-refractivity contribution in [1.82, 2.24) is 4.98 Å². The highest BCUT2D eigenvalue weighted by Crippen LogP contribution is 2.17. The van der Waals surface area contributed by atoms with E-state index in [1.54, 1.807) is 6.20 Å². The zero-order chi connectivity index (χ0) is 13.2. The molecule has 0 saturated heterocycles. The predicted octanol–water partition coefficient (Wildman–Crippen LogP) is 2.11. The zero-order valence-electron chi connectivity index (χ0n) is 10.4. The lowest BCUT2D eigenvalue weighted by molar-refractivity contribution is -0.115. The molecule has 0 radical (unpaired) electrons. The van der Waals surface area contributed by atoms with Gasteiger partial charge in [0, 0.05) is 23.0 Å². The van der Waals surface area contributed by atoms with Crippen molar-refractivity contribution in [2.45, 2.75) is 25.7 Å². The number of hydrogen-bond donors (Lipinski definition) is 2. The Kier molecular flexibility index (Phi) is 3.21. The molecule has 4 nitrogen and oxygen atoms in total. The van der Waals surface area contributed by atoms with E-state index in [1.807, 2.05) is 17.5 Å². The molecule has 1 aliphatic rings. The third-order valence-electron chi connectivity index (χ3n) is 3.34. The van der Waals surface area contributed by atoms with Gasteiger partial charge in [0.1, 0.15) is 0 Å². The molecular weight excluding hydrogens is 260 g/mol. The standard InChI is InChI=1S/C14H14N2O2S/c17-12(16-13-5-2-6-19-13)7-9-8-15-11-4-1-3-10(11)14(9)18/h2,5-6,8H,1,3-4,7H2,(H,15,18)(H,16,17). The van der Waals surface area contributed by atoms with Gasteiger partial charge in [-0.3, -0.25) is 9.59 Å². The van der Waals surface area contributed by atoms with E-state index in [9.17, 15) is 9.59 Å². The van der Waals surface area contributed by atoms with Crippen LogP contribution in [0.3, 0.4) is 0 Å². The van der Waals surface area contributed by atoms with Gasteiger partial charge in [0.05, 0.1) is 11.4 Å². The summed E-state index contributed by atoms with van der Waals surface area (Å²) in [6, 6.07) is 3.72. The Balaban J connectivity index is 1.77. The summed E-state index contributed by atoms with van der Waals surface area (Å²) < 4.78 is 0. The lowest BCUT2D eigenvalue weighted by Crippen LogP contribution is -2.21. The second kappa shape index (κ2) is 5.01. The quantitative estimate of drug-likeness (QED) is 0.900. The minimum absolute atomic E-state index is 0.0348. The number of thiophene rings is 1. The van der Waals surface area contributed by atoms with Crippen LogP contribution in [0.2, 0.25) is 0 Å². The lowest BCUT2D eigenvalue weighted by atomic mass is 10.1. The maximum absolute atomic E-state index is 12.2. The Morgan fingerprint density at radius 3 is 3.11 bits per heavy atom. The van der Waals surface area contributed by atoms with E-state index in [-0.39, 0.29) is 17.8 Å². The second-order valence-electron chi connectivity index (χ2n) is 4.66. The Morgan fingerprint density at radius 1 is 1.42 bits per heavy atom. The number of fused-ring (bicyclic) bond motifs is 1. The summed E-state index contributed by atoms with van der Waals surface area (Å²) in [6.45, 7) is 0. The fourth-order valence-electron chi connectivity index (χ4n) is 2.42. The second-order valence-corrected chi connectivity index (χ2v) is 5.60. The first-order chi connectivity index (χ1) is 9.24. The SMILES string of the molecule is O=C(Cc1c[nH]c2c(c1=O)CCC2)Nc1cccs1. The molecule has 0 atom stereocenters. The van der Waals surface area contributed by atoms with Crippen molar-refractivity contribution in [3.63, 3.8) is 0 Å². The predicted molar refractivity (Wildman–Crippen MR) is 75.7 cm³/mol. The first-order valence-corrected chi connectivity index (χ1v) is 7.17. The number of nitrogens with one attached hydrogen (secondary N) is 2. The monoisotopic (exact) mass is 274 g/mol. The molecule has 0 aromatic carbocycles. The fraction of sp³-hybridized carbons (Fsp3) is 0.286. The van der Waals surface area contributed by atoms with Gasteiger partial charge in [0.2, 0.25) is 5.91 Å². The number of anilines is 1. The molecule has 0 spiro atoms. The summed E-state index contributed by atoms with van der Waals surface area (Å²) in [5.41, 5.74) is 2.48.